The van der Waals surface area contributed by atoms with Crippen molar-refractivity contribution in [2.45, 2.75) is 45.6 Å². The molecule has 0 heterocycles. The van der Waals surface area contributed by atoms with Crippen LogP contribution in [0.5, 0.6) is 0 Å². The lowest BCUT2D eigenvalue weighted by molar-refractivity contribution is -0.147. The summed E-state index contributed by atoms with van der Waals surface area (Å²) in [7, 11) is 1.33. The molecule has 0 spiro atoms. The van der Waals surface area contributed by atoms with E-state index in [4.69, 9.17) is 16.3 Å². The van der Waals surface area contributed by atoms with Crippen LogP contribution in [0.1, 0.15) is 38.7 Å². The van der Waals surface area contributed by atoms with Crippen LogP contribution in [-0.2, 0) is 20.7 Å². The van der Waals surface area contributed by atoms with Crippen LogP contribution in [0.3, 0.4) is 0 Å². The highest BCUT2D eigenvalue weighted by atomic mass is 35.5. The predicted octanol–water partition coefficient (Wildman–Crippen LogP) is 3.07. The maximum absolute atomic E-state index is 12.6. The van der Waals surface area contributed by atoms with E-state index in [1.807, 2.05) is 31.2 Å². The molecule has 0 aliphatic carbocycles. The van der Waals surface area contributed by atoms with Crippen LogP contribution in [-0.4, -0.2) is 48.2 Å². The summed E-state index contributed by atoms with van der Waals surface area (Å²) in [6.45, 7) is 3.78. The van der Waals surface area contributed by atoms with Crippen molar-refractivity contribution in [1.29, 1.82) is 0 Å². The van der Waals surface area contributed by atoms with Gasteiger partial charge in [-0.2, -0.15) is 0 Å². The van der Waals surface area contributed by atoms with Crippen molar-refractivity contribution >= 4 is 23.5 Å². The van der Waals surface area contributed by atoms with Crippen molar-refractivity contribution in [3.8, 4) is 0 Å². The molecule has 0 fully saturated rings. The number of nitrogens with zero attached hydrogens (tertiary/aromatic N) is 1. The van der Waals surface area contributed by atoms with Gasteiger partial charge in [-0.15, -0.1) is 0 Å². The zero-order valence-corrected chi connectivity index (χ0v) is 16.0. The molecule has 5 nitrogen and oxygen atoms in total. The standard InChI is InChI=1S/C19H28ClNO4/c1-4-17(13-22)21(12-14(2)19(24)25-3)18(23)7-5-6-15-8-10-16(20)11-9-15/h8-11,14,17,22H,4-7,12-13H2,1-3H3. The molecule has 0 aliphatic heterocycles. The van der Waals surface area contributed by atoms with E-state index in [0.29, 0.717) is 24.3 Å². The number of benzene rings is 1. The Bertz CT molecular complexity index is 543. The van der Waals surface area contributed by atoms with Crippen molar-refractivity contribution in [3.63, 3.8) is 0 Å². The second-order valence-corrected chi connectivity index (χ2v) is 6.63. The molecule has 0 saturated heterocycles. The smallest absolute Gasteiger partial charge is 0.310 e. The summed E-state index contributed by atoms with van der Waals surface area (Å²) in [5, 5.41) is 10.3. The molecule has 6 heteroatoms. The maximum atomic E-state index is 12.6. The fourth-order valence-electron chi connectivity index (χ4n) is 2.71. The summed E-state index contributed by atoms with van der Waals surface area (Å²) in [6, 6.07) is 7.29. The maximum Gasteiger partial charge on any atom is 0.310 e. The van der Waals surface area contributed by atoms with Gasteiger partial charge >= 0.3 is 5.97 Å². The average molecular weight is 370 g/mol. The Labute approximate surface area is 154 Å². The Morgan fingerprint density at radius 3 is 2.44 bits per heavy atom. The molecule has 0 saturated carbocycles. The normalized spacial score (nSPS) is 13.2. The van der Waals surface area contributed by atoms with Gasteiger partial charge in [0.2, 0.25) is 5.91 Å². The molecule has 25 heavy (non-hydrogen) atoms. The van der Waals surface area contributed by atoms with Gasteiger partial charge in [-0.05, 0) is 37.0 Å². The number of amides is 1. The molecule has 1 amide bonds. The summed E-state index contributed by atoms with van der Waals surface area (Å²) in [5.41, 5.74) is 1.13. The van der Waals surface area contributed by atoms with E-state index in [1.165, 1.54) is 7.11 Å². The third kappa shape index (κ3) is 7.04. The number of ether oxygens (including phenoxy) is 1. The van der Waals surface area contributed by atoms with E-state index in [-0.39, 0.29) is 31.1 Å². The Kier molecular flexibility index (Phi) is 9.53. The number of esters is 1. The highest BCUT2D eigenvalue weighted by Crippen LogP contribution is 2.15. The van der Waals surface area contributed by atoms with Crippen LogP contribution in [0.2, 0.25) is 5.02 Å². The van der Waals surface area contributed by atoms with E-state index in [1.54, 1.807) is 11.8 Å². The first-order chi connectivity index (χ1) is 11.9. The van der Waals surface area contributed by atoms with Crippen molar-refractivity contribution in [2.75, 3.05) is 20.3 Å². The highest BCUT2D eigenvalue weighted by molar-refractivity contribution is 6.30. The van der Waals surface area contributed by atoms with Crippen LogP contribution < -0.4 is 0 Å². The minimum Gasteiger partial charge on any atom is -0.469 e. The van der Waals surface area contributed by atoms with Crippen LogP contribution >= 0.6 is 11.6 Å². The van der Waals surface area contributed by atoms with Crippen molar-refractivity contribution in [3.05, 3.63) is 34.9 Å². The number of hydrogen-bond acceptors (Lipinski definition) is 4. The molecule has 2 unspecified atom stereocenters. The molecule has 140 valence electrons. The number of carbonyl (C=O) groups excluding carboxylic acids is 2. The fourth-order valence-corrected chi connectivity index (χ4v) is 2.84. The topological polar surface area (TPSA) is 66.8 Å². The van der Waals surface area contributed by atoms with Gasteiger partial charge in [0.1, 0.15) is 0 Å². The SMILES string of the molecule is CCC(CO)N(CC(C)C(=O)OC)C(=O)CCCc1ccc(Cl)cc1. The number of aliphatic hydroxyl groups excluding tert-OH is 1. The zero-order valence-electron chi connectivity index (χ0n) is 15.2. The number of rotatable bonds is 10. The third-order valence-corrected chi connectivity index (χ3v) is 4.54. The van der Waals surface area contributed by atoms with Crippen LogP contribution in [0.4, 0.5) is 0 Å². The van der Waals surface area contributed by atoms with Crippen molar-refractivity contribution in [2.24, 2.45) is 5.92 Å². The Hall–Kier alpha value is -1.59. The lowest BCUT2D eigenvalue weighted by Crippen LogP contribution is -2.45. The minimum absolute atomic E-state index is 0.0504. The van der Waals surface area contributed by atoms with Gasteiger partial charge in [-0.3, -0.25) is 9.59 Å². The second-order valence-electron chi connectivity index (χ2n) is 6.19. The van der Waals surface area contributed by atoms with Gasteiger partial charge in [0.05, 0.1) is 25.7 Å². The van der Waals surface area contributed by atoms with E-state index in [9.17, 15) is 14.7 Å². The molecular weight excluding hydrogens is 342 g/mol. The Morgan fingerprint density at radius 1 is 1.28 bits per heavy atom. The Morgan fingerprint density at radius 2 is 1.92 bits per heavy atom. The number of hydrogen-bond donors (Lipinski definition) is 1. The summed E-state index contributed by atoms with van der Waals surface area (Å²) < 4.78 is 4.74. The second kappa shape index (κ2) is 11.1. The first kappa shape index (κ1) is 21.5. The average Bonchev–Trinajstić information content (AvgIpc) is 2.62. The van der Waals surface area contributed by atoms with Gasteiger partial charge in [-0.1, -0.05) is 37.6 Å². The van der Waals surface area contributed by atoms with Crippen LogP contribution in [0.25, 0.3) is 0 Å². The van der Waals surface area contributed by atoms with E-state index in [2.05, 4.69) is 0 Å². The summed E-state index contributed by atoms with van der Waals surface area (Å²) >= 11 is 5.87. The number of aliphatic hydroxyl groups is 1. The van der Waals surface area contributed by atoms with Gasteiger partial charge in [-0.25, -0.2) is 0 Å². The van der Waals surface area contributed by atoms with Gasteiger partial charge in [0, 0.05) is 18.0 Å². The molecule has 0 radical (unpaired) electrons. The lowest BCUT2D eigenvalue weighted by atomic mass is 10.1. The minimum atomic E-state index is -0.425. The Balaban J connectivity index is 2.64. The molecule has 1 rings (SSSR count). The number of methoxy groups -OCH3 is 1. The molecule has 1 aromatic carbocycles. The fraction of sp³-hybridized carbons (Fsp3) is 0.579. The monoisotopic (exact) mass is 369 g/mol. The predicted molar refractivity (Wildman–Crippen MR) is 98.4 cm³/mol. The number of halogens is 1. The number of aryl methyl sites for hydroxylation is 1. The molecule has 2 atom stereocenters. The van der Waals surface area contributed by atoms with Crippen molar-refractivity contribution in [1.82, 2.24) is 4.90 Å². The quantitative estimate of drug-likeness (QED) is 0.643. The molecule has 0 aliphatic rings. The van der Waals surface area contributed by atoms with Gasteiger partial charge < -0.3 is 14.7 Å². The third-order valence-electron chi connectivity index (χ3n) is 4.29. The lowest BCUT2D eigenvalue weighted by Gasteiger charge is -2.31. The largest absolute Gasteiger partial charge is 0.469 e. The molecular formula is C19H28ClNO4. The zero-order chi connectivity index (χ0) is 18.8. The van der Waals surface area contributed by atoms with Crippen molar-refractivity contribution < 1.29 is 19.4 Å². The highest BCUT2D eigenvalue weighted by Gasteiger charge is 2.26. The van der Waals surface area contributed by atoms with Gasteiger partial charge in [0.15, 0.2) is 0 Å². The van der Waals surface area contributed by atoms with E-state index < -0.39 is 5.92 Å². The van der Waals surface area contributed by atoms with Gasteiger partial charge in [0.25, 0.3) is 0 Å². The van der Waals surface area contributed by atoms with E-state index in [0.717, 1.165) is 12.0 Å². The summed E-state index contributed by atoms with van der Waals surface area (Å²) in [4.78, 5) is 25.9. The van der Waals surface area contributed by atoms with E-state index >= 15 is 0 Å². The molecule has 0 aromatic heterocycles. The number of carbonyl (C=O) groups is 2. The molecule has 0 bridgehead atoms. The first-order valence-electron chi connectivity index (χ1n) is 8.65. The summed E-state index contributed by atoms with van der Waals surface area (Å²) in [5.74, 6) is -0.830. The van der Waals surface area contributed by atoms with Crippen LogP contribution in [0.15, 0.2) is 24.3 Å². The molecule has 1 aromatic rings. The summed E-state index contributed by atoms with van der Waals surface area (Å²) in [6.07, 6.45) is 2.48. The first-order valence-corrected chi connectivity index (χ1v) is 9.03. The van der Waals surface area contributed by atoms with Crippen LogP contribution in [0, 0.1) is 5.92 Å². The molecule has 1 N–H and O–H groups in total.